The minimum Gasteiger partial charge on any atom is -0.376 e. The van der Waals surface area contributed by atoms with Gasteiger partial charge in [0, 0.05) is 24.4 Å². The summed E-state index contributed by atoms with van der Waals surface area (Å²) in [7, 11) is 1.75. The fourth-order valence-corrected chi connectivity index (χ4v) is 6.07. The summed E-state index contributed by atoms with van der Waals surface area (Å²) in [5.41, 5.74) is 0.975. The maximum Gasteiger partial charge on any atom is 0.313 e. The number of methoxy groups -OCH3 is 1. The lowest BCUT2D eigenvalue weighted by molar-refractivity contribution is -0.188. The molecule has 1 aromatic rings. The highest BCUT2D eigenvalue weighted by molar-refractivity contribution is 6.40. The molecule has 0 atom stereocenters. The number of halogens is 1. The minimum atomic E-state index is -0.671. The first kappa shape index (κ1) is 18.8. The first-order chi connectivity index (χ1) is 12.9. The molecule has 146 valence electrons. The Kier molecular flexibility index (Phi) is 4.93. The van der Waals surface area contributed by atoms with E-state index in [1.807, 2.05) is 6.92 Å². The van der Waals surface area contributed by atoms with E-state index in [2.05, 4.69) is 10.6 Å². The summed E-state index contributed by atoms with van der Waals surface area (Å²) < 4.78 is 6.03. The second kappa shape index (κ2) is 7.10. The predicted octanol–water partition coefficient (Wildman–Crippen LogP) is 3.54. The van der Waals surface area contributed by atoms with E-state index >= 15 is 0 Å². The highest BCUT2D eigenvalue weighted by Crippen LogP contribution is 2.59. The van der Waals surface area contributed by atoms with Crippen LogP contribution in [0.1, 0.15) is 37.7 Å². The first-order valence-electron chi connectivity index (χ1n) is 9.82. The summed E-state index contributed by atoms with van der Waals surface area (Å²) >= 11 is 6.08. The van der Waals surface area contributed by atoms with Crippen molar-refractivity contribution in [1.82, 2.24) is 5.32 Å². The number of carbonyl (C=O) groups excluding carboxylic acids is 2. The van der Waals surface area contributed by atoms with Gasteiger partial charge in [-0.3, -0.25) is 9.59 Å². The molecule has 0 radical (unpaired) electrons. The average molecular weight is 391 g/mol. The number of hydrogen-bond acceptors (Lipinski definition) is 3. The van der Waals surface area contributed by atoms with Crippen molar-refractivity contribution < 1.29 is 14.3 Å². The normalized spacial score (nSPS) is 33.7. The SMILES string of the molecule is COC1(CNC(=O)C(=O)Nc2cccc(Cl)c2C)C2CC3CC(C2)CC1C3. The Bertz CT molecular complexity index is 736. The maximum atomic E-state index is 12.4. The van der Waals surface area contributed by atoms with Crippen molar-refractivity contribution >= 4 is 29.1 Å². The van der Waals surface area contributed by atoms with Crippen molar-refractivity contribution in [3.8, 4) is 0 Å². The van der Waals surface area contributed by atoms with Crippen LogP contribution in [0.4, 0.5) is 5.69 Å². The third-order valence-corrected chi connectivity index (χ3v) is 7.56. The fraction of sp³-hybridized carbons (Fsp3) is 0.619. The highest BCUT2D eigenvalue weighted by Gasteiger charge is 2.57. The molecule has 4 saturated carbocycles. The number of anilines is 1. The van der Waals surface area contributed by atoms with Crippen molar-refractivity contribution in [3.05, 3.63) is 28.8 Å². The summed E-state index contributed by atoms with van der Waals surface area (Å²) in [6.45, 7) is 2.21. The van der Waals surface area contributed by atoms with Crippen LogP contribution < -0.4 is 10.6 Å². The van der Waals surface area contributed by atoms with Gasteiger partial charge < -0.3 is 15.4 Å². The summed E-state index contributed by atoms with van der Waals surface area (Å²) in [5, 5.41) is 6.06. The lowest BCUT2D eigenvalue weighted by Crippen LogP contribution is -2.63. The molecule has 0 aromatic heterocycles. The molecule has 0 spiro atoms. The van der Waals surface area contributed by atoms with E-state index in [9.17, 15) is 9.59 Å². The largest absolute Gasteiger partial charge is 0.376 e. The van der Waals surface area contributed by atoms with E-state index in [4.69, 9.17) is 16.3 Å². The highest BCUT2D eigenvalue weighted by atomic mass is 35.5. The zero-order valence-electron chi connectivity index (χ0n) is 15.9. The molecule has 5 rings (SSSR count). The van der Waals surface area contributed by atoms with E-state index in [1.165, 1.54) is 32.1 Å². The molecule has 4 fully saturated rings. The minimum absolute atomic E-state index is 0.324. The molecule has 0 saturated heterocycles. The summed E-state index contributed by atoms with van der Waals surface area (Å²) in [6.07, 6.45) is 6.10. The van der Waals surface area contributed by atoms with Crippen LogP contribution in [0.25, 0.3) is 0 Å². The molecule has 27 heavy (non-hydrogen) atoms. The molecule has 4 aliphatic carbocycles. The van der Waals surface area contributed by atoms with E-state index < -0.39 is 11.8 Å². The quantitative estimate of drug-likeness (QED) is 0.772. The molecule has 0 heterocycles. The Morgan fingerprint density at radius 2 is 1.74 bits per heavy atom. The number of carbonyl (C=O) groups is 2. The zero-order valence-corrected chi connectivity index (χ0v) is 16.6. The number of nitrogens with one attached hydrogen (secondary N) is 2. The monoisotopic (exact) mass is 390 g/mol. The van der Waals surface area contributed by atoms with Gasteiger partial charge >= 0.3 is 11.8 Å². The molecule has 2 N–H and O–H groups in total. The molecule has 4 bridgehead atoms. The average Bonchev–Trinajstić information content (AvgIpc) is 2.64. The lowest BCUT2D eigenvalue weighted by atomic mass is 9.49. The maximum absolute atomic E-state index is 12.4. The number of ether oxygens (including phenoxy) is 1. The van der Waals surface area contributed by atoms with Gasteiger partial charge in [0.1, 0.15) is 0 Å². The van der Waals surface area contributed by atoms with Gasteiger partial charge in [0.2, 0.25) is 0 Å². The Balaban J connectivity index is 1.41. The van der Waals surface area contributed by atoms with Crippen molar-refractivity contribution in [3.63, 3.8) is 0 Å². The Morgan fingerprint density at radius 3 is 2.33 bits per heavy atom. The van der Waals surface area contributed by atoms with Crippen molar-refractivity contribution in [2.24, 2.45) is 23.7 Å². The second-order valence-electron chi connectivity index (χ2n) is 8.51. The third kappa shape index (κ3) is 3.25. The predicted molar refractivity (Wildman–Crippen MR) is 105 cm³/mol. The molecular weight excluding hydrogens is 364 g/mol. The third-order valence-electron chi connectivity index (χ3n) is 7.15. The topological polar surface area (TPSA) is 67.4 Å². The smallest absolute Gasteiger partial charge is 0.313 e. The fourth-order valence-electron chi connectivity index (χ4n) is 5.90. The van der Waals surface area contributed by atoms with Crippen LogP contribution in [0.5, 0.6) is 0 Å². The van der Waals surface area contributed by atoms with Gasteiger partial charge in [-0.25, -0.2) is 0 Å². The van der Waals surface area contributed by atoms with Crippen LogP contribution in [0.3, 0.4) is 0 Å². The van der Waals surface area contributed by atoms with Crippen LogP contribution in [0.15, 0.2) is 18.2 Å². The summed E-state index contributed by atoms with van der Waals surface area (Å²) in [4.78, 5) is 24.8. The molecule has 0 unspecified atom stereocenters. The number of benzene rings is 1. The first-order valence-corrected chi connectivity index (χ1v) is 10.2. The molecule has 0 aliphatic heterocycles. The van der Waals surface area contributed by atoms with Crippen LogP contribution in [0.2, 0.25) is 5.02 Å². The van der Waals surface area contributed by atoms with E-state index in [0.717, 1.165) is 17.4 Å². The van der Waals surface area contributed by atoms with E-state index in [-0.39, 0.29) is 5.60 Å². The van der Waals surface area contributed by atoms with Gasteiger partial charge in [0.15, 0.2) is 0 Å². The number of rotatable bonds is 4. The van der Waals surface area contributed by atoms with Crippen LogP contribution >= 0.6 is 11.6 Å². The molecule has 1 aromatic carbocycles. The van der Waals surface area contributed by atoms with Crippen LogP contribution in [-0.4, -0.2) is 31.1 Å². The molecule has 6 heteroatoms. The van der Waals surface area contributed by atoms with Crippen molar-refractivity contribution in [2.75, 3.05) is 19.0 Å². The van der Waals surface area contributed by atoms with E-state index in [0.29, 0.717) is 29.1 Å². The molecular formula is C21H27ClN2O3. The van der Waals surface area contributed by atoms with Gasteiger partial charge in [-0.15, -0.1) is 0 Å². The van der Waals surface area contributed by atoms with Gasteiger partial charge in [0.05, 0.1) is 5.60 Å². The summed E-state index contributed by atoms with van der Waals surface area (Å²) in [6, 6.07) is 5.24. The number of hydrogen-bond donors (Lipinski definition) is 2. The Hall–Kier alpha value is -1.59. The van der Waals surface area contributed by atoms with Gasteiger partial charge in [-0.1, -0.05) is 17.7 Å². The van der Waals surface area contributed by atoms with Crippen LogP contribution in [0, 0.1) is 30.6 Å². The molecule has 5 nitrogen and oxygen atoms in total. The summed E-state index contributed by atoms with van der Waals surface area (Å²) in [5.74, 6) is 1.31. The lowest BCUT2D eigenvalue weighted by Gasteiger charge is -2.60. The van der Waals surface area contributed by atoms with Crippen molar-refractivity contribution in [1.29, 1.82) is 0 Å². The van der Waals surface area contributed by atoms with Crippen LogP contribution in [-0.2, 0) is 14.3 Å². The number of amides is 2. The second-order valence-corrected chi connectivity index (χ2v) is 8.92. The van der Waals surface area contributed by atoms with Gasteiger partial charge in [0.25, 0.3) is 0 Å². The Morgan fingerprint density at radius 1 is 1.11 bits per heavy atom. The van der Waals surface area contributed by atoms with Gasteiger partial charge in [-0.2, -0.15) is 0 Å². The van der Waals surface area contributed by atoms with Gasteiger partial charge in [-0.05, 0) is 80.4 Å². The van der Waals surface area contributed by atoms with E-state index in [1.54, 1.807) is 25.3 Å². The zero-order chi connectivity index (χ0) is 19.2. The molecule has 2 amide bonds. The van der Waals surface area contributed by atoms with Crippen molar-refractivity contribution in [2.45, 2.75) is 44.6 Å². The molecule has 4 aliphatic rings. The Labute approximate surface area is 165 Å². The standard InChI is InChI=1S/C21H27ClN2O3/c1-12-17(22)4-3-5-18(12)24-20(26)19(25)23-11-21(27-2)15-7-13-6-14(9-15)10-16(21)8-13/h3-5,13-16H,6-11H2,1-2H3,(H,23,25)(H,24,26).